The first-order chi connectivity index (χ1) is 18.5. The molecule has 3 aromatic rings. The Bertz CT molecular complexity index is 1300. The van der Waals surface area contributed by atoms with Crippen molar-refractivity contribution in [3.8, 4) is 5.75 Å². The SMILES string of the molecule is CCON.CCOc1cc(C(F)(F)F)ccc1C1=NC(c2ccc(Cl)cc2)C(c2ccc(Cl)cc2)N1C(=O)O. The Balaban J connectivity index is 0.000000983. The van der Waals surface area contributed by atoms with E-state index in [1.54, 1.807) is 55.5 Å². The van der Waals surface area contributed by atoms with Crippen LogP contribution in [-0.4, -0.2) is 35.1 Å². The van der Waals surface area contributed by atoms with Crippen molar-refractivity contribution in [2.45, 2.75) is 32.1 Å². The first-order valence-corrected chi connectivity index (χ1v) is 12.5. The van der Waals surface area contributed by atoms with Gasteiger partial charge in [0.15, 0.2) is 0 Å². The van der Waals surface area contributed by atoms with Crippen LogP contribution in [0.2, 0.25) is 10.0 Å². The minimum Gasteiger partial charge on any atom is -0.493 e. The molecule has 3 N–H and O–H groups in total. The maximum absolute atomic E-state index is 13.3. The van der Waals surface area contributed by atoms with E-state index in [9.17, 15) is 23.1 Å². The van der Waals surface area contributed by atoms with Crippen LogP contribution in [0.4, 0.5) is 18.0 Å². The zero-order valence-electron chi connectivity index (χ0n) is 21.0. The third-order valence-electron chi connectivity index (χ3n) is 5.71. The lowest BCUT2D eigenvalue weighted by molar-refractivity contribution is -0.137. The van der Waals surface area contributed by atoms with Crippen molar-refractivity contribution in [3.05, 3.63) is 99.0 Å². The summed E-state index contributed by atoms with van der Waals surface area (Å²) in [7, 11) is 0. The number of amides is 1. The Morgan fingerprint density at radius 3 is 1.97 bits per heavy atom. The van der Waals surface area contributed by atoms with Crippen LogP contribution < -0.4 is 10.6 Å². The summed E-state index contributed by atoms with van der Waals surface area (Å²) in [4.78, 5) is 22.3. The van der Waals surface area contributed by atoms with Gasteiger partial charge in [0.25, 0.3) is 0 Å². The van der Waals surface area contributed by atoms with Crippen molar-refractivity contribution in [1.82, 2.24) is 4.90 Å². The van der Waals surface area contributed by atoms with Crippen molar-refractivity contribution in [2.75, 3.05) is 13.2 Å². The molecule has 1 heterocycles. The van der Waals surface area contributed by atoms with Crippen LogP contribution in [0.25, 0.3) is 0 Å². The minimum atomic E-state index is -4.59. The van der Waals surface area contributed by atoms with Gasteiger partial charge in [0.1, 0.15) is 17.6 Å². The second kappa shape index (κ2) is 13.2. The minimum absolute atomic E-state index is 0.0189. The Hall–Kier alpha value is -3.31. The molecule has 0 bridgehead atoms. The molecule has 0 aliphatic carbocycles. The second-order valence-electron chi connectivity index (χ2n) is 8.20. The molecule has 0 saturated heterocycles. The van der Waals surface area contributed by atoms with Crippen molar-refractivity contribution in [2.24, 2.45) is 10.9 Å². The molecule has 1 aliphatic rings. The molecule has 1 aliphatic heterocycles. The number of benzene rings is 3. The van der Waals surface area contributed by atoms with E-state index in [4.69, 9.17) is 32.9 Å². The van der Waals surface area contributed by atoms with E-state index in [0.717, 1.165) is 17.0 Å². The number of alkyl halides is 3. The summed E-state index contributed by atoms with van der Waals surface area (Å²) < 4.78 is 45.5. The van der Waals surface area contributed by atoms with Crippen LogP contribution in [0.5, 0.6) is 5.75 Å². The smallest absolute Gasteiger partial charge is 0.416 e. The standard InChI is InChI=1S/C25H19Cl2F3N2O3.C2H7NO/c1-2-35-20-13-16(25(28,29)30)7-12-19(20)23-31-21(14-3-8-17(26)9-4-14)22(32(23)24(33)34)15-5-10-18(27)11-6-15;1-2-4-3/h3-13,21-22H,2H2,1H3,(H,33,34);2-3H2,1H3. The molecule has 208 valence electrons. The quantitative estimate of drug-likeness (QED) is 0.292. The summed E-state index contributed by atoms with van der Waals surface area (Å²) in [6.07, 6.45) is -5.91. The van der Waals surface area contributed by atoms with Crippen LogP contribution >= 0.6 is 23.2 Å². The Morgan fingerprint density at radius 2 is 1.51 bits per heavy atom. The third kappa shape index (κ3) is 7.21. The number of hydrogen-bond donors (Lipinski definition) is 2. The topological polar surface area (TPSA) is 97.4 Å². The summed E-state index contributed by atoms with van der Waals surface area (Å²) in [5.41, 5.74) is 0.521. The van der Waals surface area contributed by atoms with Gasteiger partial charge in [-0.15, -0.1) is 0 Å². The lowest BCUT2D eigenvalue weighted by atomic mass is 9.94. The number of ether oxygens (including phenoxy) is 1. The fourth-order valence-electron chi connectivity index (χ4n) is 4.01. The van der Waals surface area contributed by atoms with Gasteiger partial charge in [0, 0.05) is 10.0 Å². The summed E-state index contributed by atoms with van der Waals surface area (Å²) >= 11 is 12.1. The first-order valence-electron chi connectivity index (χ1n) is 11.8. The average Bonchev–Trinajstić information content (AvgIpc) is 3.30. The summed E-state index contributed by atoms with van der Waals surface area (Å²) in [6, 6.07) is 14.9. The monoisotopic (exact) mass is 583 g/mol. The summed E-state index contributed by atoms with van der Waals surface area (Å²) in [5, 5.41) is 11.2. The maximum atomic E-state index is 13.3. The molecule has 12 heteroatoms. The molecule has 0 saturated carbocycles. The molecule has 7 nitrogen and oxygen atoms in total. The molecule has 0 spiro atoms. The van der Waals surface area contributed by atoms with Gasteiger partial charge in [-0.25, -0.2) is 10.7 Å². The van der Waals surface area contributed by atoms with Crippen molar-refractivity contribution >= 4 is 35.1 Å². The van der Waals surface area contributed by atoms with Gasteiger partial charge in [-0.05, 0) is 67.4 Å². The van der Waals surface area contributed by atoms with Crippen LogP contribution in [0.15, 0.2) is 71.7 Å². The van der Waals surface area contributed by atoms with Crippen molar-refractivity contribution in [1.29, 1.82) is 0 Å². The molecule has 1 amide bonds. The lowest BCUT2D eigenvalue weighted by Gasteiger charge is -2.27. The zero-order chi connectivity index (χ0) is 28.7. The molecule has 0 aromatic heterocycles. The van der Waals surface area contributed by atoms with E-state index < -0.39 is 29.9 Å². The maximum Gasteiger partial charge on any atom is 0.416 e. The third-order valence-corrected chi connectivity index (χ3v) is 6.22. The lowest BCUT2D eigenvalue weighted by Crippen LogP contribution is -2.37. The number of hydrogen-bond acceptors (Lipinski definition) is 5. The molecular weight excluding hydrogens is 558 g/mol. The van der Waals surface area contributed by atoms with Gasteiger partial charge < -0.3 is 14.7 Å². The van der Waals surface area contributed by atoms with Crippen LogP contribution in [0.1, 0.15) is 48.2 Å². The Labute approximate surface area is 233 Å². The Morgan fingerprint density at radius 1 is 0.974 bits per heavy atom. The number of carbonyl (C=O) groups is 1. The average molecular weight is 584 g/mol. The highest BCUT2D eigenvalue weighted by molar-refractivity contribution is 6.30. The molecule has 0 fully saturated rings. The van der Waals surface area contributed by atoms with Crippen molar-refractivity contribution < 1.29 is 32.6 Å². The predicted octanol–water partition coefficient (Wildman–Crippen LogP) is 7.53. The highest BCUT2D eigenvalue weighted by atomic mass is 35.5. The molecule has 2 atom stereocenters. The highest BCUT2D eigenvalue weighted by Crippen LogP contribution is 2.45. The zero-order valence-corrected chi connectivity index (χ0v) is 22.5. The Kier molecular flexibility index (Phi) is 10.2. The van der Waals surface area contributed by atoms with E-state index in [-0.39, 0.29) is 23.8 Å². The van der Waals surface area contributed by atoms with Crippen LogP contribution in [0.3, 0.4) is 0 Å². The van der Waals surface area contributed by atoms with Crippen LogP contribution in [-0.2, 0) is 11.0 Å². The first kappa shape index (κ1) is 30.2. The van der Waals surface area contributed by atoms with E-state index in [1.165, 1.54) is 6.07 Å². The molecule has 0 radical (unpaired) electrons. The number of carboxylic acid groups (broad SMARTS) is 1. The van der Waals surface area contributed by atoms with E-state index >= 15 is 0 Å². The number of nitrogens with zero attached hydrogens (tertiary/aromatic N) is 2. The number of rotatable bonds is 6. The summed E-state index contributed by atoms with van der Waals surface area (Å²) in [5.74, 6) is 4.40. The van der Waals surface area contributed by atoms with Gasteiger partial charge in [-0.3, -0.25) is 9.89 Å². The van der Waals surface area contributed by atoms with Gasteiger partial charge in [-0.1, -0.05) is 47.5 Å². The largest absolute Gasteiger partial charge is 0.493 e. The second-order valence-corrected chi connectivity index (χ2v) is 9.07. The number of amidine groups is 1. The fraction of sp³-hybridized carbons (Fsp3) is 0.259. The van der Waals surface area contributed by atoms with Gasteiger partial charge >= 0.3 is 12.3 Å². The van der Waals surface area contributed by atoms with Crippen LogP contribution in [0, 0.1) is 0 Å². The summed E-state index contributed by atoms with van der Waals surface area (Å²) in [6.45, 7) is 4.14. The van der Waals surface area contributed by atoms with E-state index in [1.807, 2.05) is 6.92 Å². The molecule has 2 unspecified atom stereocenters. The van der Waals surface area contributed by atoms with Gasteiger partial charge in [0.05, 0.1) is 30.4 Å². The fourth-order valence-corrected chi connectivity index (χ4v) is 4.26. The predicted molar refractivity (Wildman–Crippen MR) is 143 cm³/mol. The van der Waals surface area contributed by atoms with Gasteiger partial charge in [0.2, 0.25) is 0 Å². The number of aliphatic imine (C=N–C) groups is 1. The molecule has 4 rings (SSSR count). The van der Waals surface area contributed by atoms with Gasteiger partial charge in [-0.2, -0.15) is 13.2 Å². The number of halogens is 5. The number of nitrogens with two attached hydrogens (primary N) is 1. The molecule has 3 aromatic carbocycles. The van der Waals surface area contributed by atoms with E-state index in [0.29, 0.717) is 27.8 Å². The van der Waals surface area contributed by atoms with E-state index in [2.05, 4.69) is 10.7 Å². The molecule has 39 heavy (non-hydrogen) atoms. The highest BCUT2D eigenvalue weighted by Gasteiger charge is 2.43. The normalized spacial score (nSPS) is 16.8. The molecular formula is C27H26Cl2F3N3O4. The van der Waals surface area contributed by atoms with Crippen molar-refractivity contribution in [3.63, 3.8) is 0 Å².